The number of carbonyl (C=O) groups excluding carboxylic acids is 1. The van der Waals surface area contributed by atoms with Crippen LogP contribution in [0.4, 0.5) is 15.6 Å². The number of benzene rings is 2. The van der Waals surface area contributed by atoms with E-state index in [0.717, 1.165) is 21.5 Å². The lowest BCUT2D eigenvalue weighted by Gasteiger charge is -2.07. The molecule has 3 rings (SSSR count). The molecule has 7 heteroatoms. The molecule has 0 aliphatic rings. The minimum Gasteiger partial charge on any atom is -0.494 e. The van der Waals surface area contributed by atoms with Crippen LogP contribution in [0.25, 0.3) is 10.2 Å². The smallest absolute Gasteiger partial charge is 0.325 e. The second-order valence-corrected chi connectivity index (χ2v) is 6.32. The second-order valence-electron chi connectivity index (χ2n) is 5.32. The highest BCUT2D eigenvalue weighted by atomic mass is 32.1. The monoisotopic (exact) mass is 357 g/mol. The molecule has 6 nitrogen and oxygen atoms in total. The van der Waals surface area contributed by atoms with Gasteiger partial charge < -0.3 is 14.8 Å². The van der Waals surface area contributed by atoms with Crippen LogP contribution in [0.1, 0.15) is 12.5 Å². The molecule has 2 amide bonds. The zero-order valence-corrected chi connectivity index (χ0v) is 15.1. The van der Waals surface area contributed by atoms with E-state index in [1.165, 1.54) is 11.3 Å². The molecule has 0 saturated carbocycles. The fourth-order valence-corrected chi connectivity index (χ4v) is 3.33. The largest absolute Gasteiger partial charge is 0.494 e. The topological polar surface area (TPSA) is 72.5 Å². The second kappa shape index (κ2) is 7.40. The number of methoxy groups -OCH3 is 1. The highest BCUT2D eigenvalue weighted by Crippen LogP contribution is 2.34. The number of rotatable bonds is 5. The average molecular weight is 357 g/mol. The van der Waals surface area contributed by atoms with Gasteiger partial charge in [0.25, 0.3) is 0 Å². The van der Waals surface area contributed by atoms with Gasteiger partial charge in [-0.1, -0.05) is 17.4 Å². The highest BCUT2D eigenvalue weighted by Gasteiger charge is 2.13. The quantitative estimate of drug-likeness (QED) is 0.697. The molecule has 2 N–H and O–H groups in total. The Hall–Kier alpha value is -2.80. The zero-order chi connectivity index (χ0) is 17.8. The summed E-state index contributed by atoms with van der Waals surface area (Å²) in [5, 5.41) is 6.07. The Bertz CT molecular complexity index is 890. The molecular weight excluding hydrogens is 338 g/mol. The van der Waals surface area contributed by atoms with Crippen molar-refractivity contribution < 1.29 is 14.3 Å². The summed E-state index contributed by atoms with van der Waals surface area (Å²) in [6.07, 6.45) is 0. The number of nitrogens with zero attached hydrogens (tertiary/aromatic N) is 1. The van der Waals surface area contributed by atoms with Gasteiger partial charge in [0.1, 0.15) is 17.0 Å². The Kier molecular flexibility index (Phi) is 5.04. The molecule has 0 aliphatic carbocycles. The maximum absolute atomic E-state index is 12.2. The van der Waals surface area contributed by atoms with E-state index in [2.05, 4.69) is 15.6 Å². The van der Waals surface area contributed by atoms with Crippen LogP contribution in [0.2, 0.25) is 0 Å². The number of aryl methyl sites for hydroxylation is 1. The van der Waals surface area contributed by atoms with E-state index in [-0.39, 0.29) is 6.03 Å². The van der Waals surface area contributed by atoms with Crippen LogP contribution in [-0.2, 0) is 0 Å². The number of fused-ring (bicyclic) bond motifs is 1. The summed E-state index contributed by atoms with van der Waals surface area (Å²) >= 11 is 1.42. The first-order valence-corrected chi connectivity index (χ1v) is 8.67. The van der Waals surface area contributed by atoms with Crippen molar-refractivity contribution in [1.82, 2.24) is 4.98 Å². The number of anilines is 2. The molecule has 0 aliphatic heterocycles. The number of hydrogen-bond acceptors (Lipinski definition) is 5. The van der Waals surface area contributed by atoms with Gasteiger partial charge in [-0.05, 0) is 49.7 Å². The van der Waals surface area contributed by atoms with Crippen LogP contribution >= 0.6 is 11.3 Å². The molecule has 0 atom stereocenters. The highest BCUT2D eigenvalue weighted by molar-refractivity contribution is 7.22. The van der Waals surface area contributed by atoms with E-state index in [1.54, 1.807) is 19.2 Å². The molecule has 0 unspecified atom stereocenters. The minimum absolute atomic E-state index is 0.347. The fraction of sp³-hybridized carbons (Fsp3) is 0.222. The first-order valence-electron chi connectivity index (χ1n) is 7.85. The Morgan fingerprint density at radius 2 is 1.92 bits per heavy atom. The standard InChI is InChI=1S/C18H19N3O3S/c1-4-24-13-8-6-12(7-9-13)19-17(22)21-18-20-15-14(23-3)10-5-11(2)16(15)25-18/h5-10H,4H2,1-3H3,(H2,19,20,21,22). The third-order valence-electron chi connectivity index (χ3n) is 3.57. The third kappa shape index (κ3) is 3.83. The molecule has 2 aromatic carbocycles. The van der Waals surface area contributed by atoms with Crippen molar-refractivity contribution in [3.63, 3.8) is 0 Å². The van der Waals surface area contributed by atoms with Crippen LogP contribution in [-0.4, -0.2) is 24.7 Å². The van der Waals surface area contributed by atoms with Crippen LogP contribution in [0.5, 0.6) is 11.5 Å². The van der Waals surface area contributed by atoms with Gasteiger partial charge >= 0.3 is 6.03 Å². The van der Waals surface area contributed by atoms with E-state index in [1.807, 2.05) is 38.1 Å². The molecule has 0 bridgehead atoms. The normalized spacial score (nSPS) is 10.5. The van der Waals surface area contributed by atoms with Gasteiger partial charge in [0.15, 0.2) is 5.13 Å². The molecule has 3 aromatic rings. The van der Waals surface area contributed by atoms with E-state index in [9.17, 15) is 4.79 Å². The number of aromatic nitrogens is 1. The lowest BCUT2D eigenvalue weighted by Crippen LogP contribution is -2.19. The zero-order valence-electron chi connectivity index (χ0n) is 14.3. The minimum atomic E-state index is -0.347. The first kappa shape index (κ1) is 17.0. The van der Waals surface area contributed by atoms with Crippen molar-refractivity contribution >= 4 is 38.4 Å². The molecule has 0 radical (unpaired) electrons. The van der Waals surface area contributed by atoms with Gasteiger partial charge in [0.2, 0.25) is 0 Å². The predicted molar refractivity (Wildman–Crippen MR) is 101 cm³/mol. The van der Waals surface area contributed by atoms with E-state index >= 15 is 0 Å². The Labute approximate surface area is 149 Å². The molecule has 1 aromatic heterocycles. The van der Waals surface area contributed by atoms with Crippen molar-refractivity contribution in [2.45, 2.75) is 13.8 Å². The van der Waals surface area contributed by atoms with Crippen molar-refractivity contribution in [2.75, 3.05) is 24.4 Å². The number of ether oxygens (including phenoxy) is 2. The van der Waals surface area contributed by atoms with E-state index in [0.29, 0.717) is 23.2 Å². The Morgan fingerprint density at radius 1 is 1.16 bits per heavy atom. The number of amides is 2. The number of hydrogen-bond donors (Lipinski definition) is 2. The molecule has 1 heterocycles. The van der Waals surface area contributed by atoms with Crippen LogP contribution < -0.4 is 20.1 Å². The summed E-state index contributed by atoms with van der Waals surface area (Å²) < 4.78 is 11.7. The van der Waals surface area contributed by atoms with Crippen molar-refractivity contribution in [2.24, 2.45) is 0 Å². The maximum atomic E-state index is 12.2. The summed E-state index contributed by atoms with van der Waals surface area (Å²) in [5.74, 6) is 1.46. The van der Waals surface area contributed by atoms with Gasteiger partial charge in [-0.25, -0.2) is 9.78 Å². The van der Waals surface area contributed by atoms with Gasteiger partial charge in [-0.3, -0.25) is 5.32 Å². The lowest BCUT2D eigenvalue weighted by atomic mass is 10.2. The summed E-state index contributed by atoms with van der Waals surface area (Å²) in [6.45, 7) is 4.53. The van der Waals surface area contributed by atoms with Crippen molar-refractivity contribution in [1.29, 1.82) is 0 Å². The summed E-state index contributed by atoms with van der Waals surface area (Å²) in [7, 11) is 1.61. The molecule has 130 valence electrons. The number of urea groups is 1. The van der Waals surface area contributed by atoms with Crippen molar-refractivity contribution in [3.05, 3.63) is 42.0 Å². The van der Waals surface area contributed by atoms with Gasteiger partial charge in [0, 0.05) is 5.69 Å². The van der Waals surface area contributed by atoms with E-state index in [4.69, 9.17) is 9.47 Å². The lowest BCUT2D eigenvalue weighted by molar-refractivity contribution is 0.262. The first-order chi connectivity index (χ1) is 12.1. The summed E-state index contributed by atoms with van der Waals surface area (Å²) in [6, 6.07) is 10.7. The van der Waals surface area contributed by atoms with Crippen molar-refractivity contribution in [3.8, 4) is 11.5 Å². The maximum Gasteiger partial charge on any atom is 0.325 e. The molecule has 0 fully saturated rings. The van der Waals surface area contributed by atoms with Gasteiger partial charge in [-0.2, -0.15) is 0 Å². The van der Waals surface area contributed by atoms with Crippen LogP contribution in [0.15, 0.2) is 36.4 Å². The Balaban J connectivity index is 1.72. The van der Waals surface area contributed by atoms with Gasteiger partial charge in [0.05, 0.1) is 18.4 Å². The van der Waals surface area contributed by atoms with Gasteiger partial charge in [-0.15, -0.1) is 0 Å². The summed E-state index contributed by atoms with van der Waals surface area (Å²) in [4.78, 5) is 16.7. The van der Waals surface area contributed by atoms with Crippen LogP contribution in [0, 0.1) is 6.92 Å². The third-order valence-corrected chi connectivity index (χ3v) is 4.67. The number of thiazole rings is 1. The van der Waals surface area contributed by atoms with E-state index < -0.39 is 0 Å². The number of carbonyl (C=O) groups is 1. The molecule has 25 heavy (non-hydrogen) atoms. The van der Waals surface area contributed by atoms with Crippen LogP contribution in [0.3, 0.4) is 0 Å². The fourth-order valence-electron chi connectivity index (χ4n) is 2.39. The SMILES string of the molecule is CCOc1ccc(NC(=O)Nc2nc3c(OC)ccc(C)c3s2)cc1. The predicted octanol–water partition coefficient (Wildman–Crippen LogP) is 4.66. The Morgan fingerprint density at radius 3 is 2.60 bits per heavy atom. The molecule has 0 saturated heterocycles. The number of nitrogens with one attached hydrogen (secondary N) is 2. The summed E-state index contributed by atoms with van der Waals surface area (Å²) in [5.41, 5.74) is 2.52. The molecular formula is C18H19N3O3S. The molecule has 0 spiro atoms. The average Bonchev–Trinajstić information content (AvgIpc) is 3.01.